The van der Waals surface area contributed by atoms with E-state index in [-0.39, 0.29) is 18.3 Å². The molecule has 0 spiro atoms. The van der Waals surface area contributed by atoms with Gasteiger partial charge in [0, 0.05) is 19.7 Å². The molecule has 1 atom stereocenters. The van der Waals surface area contributed by atoms with Gasteiger partial charge in [-0.3, -0.25) is 4.79 Å². The number of nitrogens with one attached hydrogen (secondary N) is 2. The van der Waals surface area contributed by atoms with Crippen LogP contribution in [0.2, 0.25) is 0 Å². The van der Waals surface area contributed by atoms with Crippen molar-refractivity contribution in [2.24, 2.45) is 5.92 Å². The molecule has 1 unspecified atom stereocenters. The van der Waals surface area contributed by atoms with Crippen LogP contribution in [0.4, 0.5) is 0 Å². The lowest BCUT2D eigenvalue weighted by atomic mass is 9.84. The van der Waals surface area contributed by atoms with Gasteiger partial charge in [-0.25, -0.2) is 0 Å². The first-order chi connectivity index (χ1) is 8.24. The summed E-state index contributed by atoms with van der Waals surface area (Å²) in [4.78, 5) is 11.6. The summed E-state index contributed by atoms with van der Waals surface area (Å²) < 4.78 is 4.91. The Labute approximate surface area is 117 Å². The van der Waals surface area contributed by atoms with Gasteiger partial charge < -0.3 is 15.4 Å². The summed E-state index contributed by atoms with van der Waals surface area (Å²) in [6.45, 7) is 3.89. The van der Waals surface area contributed by atoms with E-state index in [0.29, 0.717) is 25.1 Å². The molecule has 0 radical (unpaired) electrons. The number of methoxy groups -OCH3 is 1. The molecule has 4 nitrogen and oxygen atoms in total. The number of ether oxygens (including phenoxy) is 1. The summed E-state index contributed by atoms with van der Waals surface area (Å²) in [6, 6.07) is 0.312. The van der Waals surface area contributed by atoms with Crippen LogP contribution in [0.15, 0.2) is 0 Å². The Morgan fingerprint density at radius 2 is 2.00 bits per heavy atom. The highest BCUT2D eigenvalue weighted by Gasteiger charge is 2.20. The van der Waals surface area contributed by atoms with Crippen LogP contribution in [0.1, 0.15) is 39.0 Å². The van der Waals surface area contributed by atoms with Gasteiger partial charge in [0.1, 0.15) is 0 Å². The van der Waals surface area contributed by atoms with E-state index < -0.39 is 0 Å². The first kappa shape index (κ1) is 17.7. The summed E-state index contributed by atoms with van der Waals surface area (Å²) in [7, 11) is 1.66. The van der Waals surface area contributed by atoms with Gasteiger partial charge in [-0.05, 0) is 25.7 Å². The smallest absolute Gasteiger partial charge is 0.234 e. The maximum atomic E-state index is 11.6. The molecule has 1 fully saturated rings. The predicted octanol–water partition coefficient (Wildman–Crippen LogP) is 1.73. The molecular weight excluding hydrogens is 252 g/mol. The lowest BCUT2D eigenvalue weighted by molar-refractivity contribution is -0.121. The van der Waals surface area contributed by atoms with Crippen LogP contribution < -0.4 is 10.6 Å². The van der Waals surface area contributed by atoms with Crippen LogP contribution in [0.25, 0.3) is 0 Å². The van der Waals surface area contributed by atoms with Gasteiger partial charge in [-0.15, -0.1) is 12.4 Å². The third-order valence-corrected chi connectivity index (χ3v) is 3.51. The first-order valence-corrected chi connectivity index (χ1v) is 6.73. The molecule has 1 rings (SSSR count). The van der Waals surface area contributed by atoms with Crippen LogP contribution in [0.5, 0.6) is 0 Å². The topological polar surface area (TPSA) is 50.4 Å². The number of amides is 1. The average Bonchev–Trinajstić information content (AvgIpc) is 2.36. The minimum atomic E-state index is 0. The van der Waals surface area contributed by atoms with E-state index in [1.165, 1.54) is 32.1 Å². The molecule has 5 heteroatoms. The Balaban J connectivity index is 0.00000289. The Bertz CT molecular complexity index is 221. The average molecular weight is 279 g/mol. The van der Waals surface area contributed by atoms with Crippen molar-refractivity contribution in [1.29, 1.82) is 0 Å². The number of halogens is 1. The number of hydrogen-bond acceptors (Lipinski definition) is 3. The van der Waals surface area contributed by atoms with E-state index in [1.54, 1.807) is 7.11 Å². The number of carbonyl (C=O) groups excluding carboxylic acids is 1. The Hall–Kier alpha value is -0.320. The van der Waals surface area contributed by atoms with Crippen molar-refractivity contribution in [3.05, 3.63) is 0 Å². The summed E-state index contributed by atoms with van der Waals surface area (Å²) in [5.41, 5.74) is 0. The molecule has 0 aromatic carbocycles. The fourth-order valence-corrected chi connectivity index (χ4v) is 2.43. The first-order valence-electron chi connectivity index (χ1n) is 6.73. The molecule has 18 heavy (non-hydrogen) atoms. The predicted molar refractivity (Wildman–Crippen MR) is 76.2 cm³/mol. The lowest BCUT2D eigenvalue weighted by Crippen LogP contribution is -2.43. The Morgan fingerprint density at radius 1 is 1.33 bits per heavy atom. The zero-order valence-electron chi connectivity index (χ0n) is 11.5. The van der Waals surface area contributed by atoms with E-state index in [0.717, 1.165) is 6.54 Å². The minimum absolute atomic E-state index is 0. The molecule has 0 heterocycles. The second-order valence-corrected chi connectivity index (χ2v) is 4.92. The van der Waals surface area contributed by atoms with Crippen molar-refractivity contribution in [3.8, 4) is 0 Å². The van der Waals surface area contributed by atoms with Gasteiger partial charge in [0.15, 0.2) is 0 Å². The zero-order chi connectivity index (χ0) is 12.5. The van der Waals surface area contributed by atoms with E-state index in [4.69, 9.17) is 4.74 Å². The largest absolute Gasteiger partial charge is 0.383 e. The van der Waals surface area contributed by atoms with E-state index >= 15 is 0 Å². The quantitative estimate of drug-likeness (QED) is 0.698. The van der Waals surface area contributed by atoms with Crippen LogP contribution >= 0.6 is 12.4 Å². The van der Waals surface area contributed by atoms with E-state index in [1.807, 2.05) is 0 Å². The highest BCUT2D eigenvalue weighted by Crippen LogP contribution is 2.26. The van der Waals surface area contributed by atoms with Crippen molar-refractivity contribution >= 4 is 18.3 Å². The zero-order valence-corrected chi connectivity index (χ0v) is 12.4. The molecule has 1 aliphatic rings. The Kier molecular flexibility index (Phi) is 10.4. The summed E-state index contributed by atoms with van der Waals surface area (Å²) in [5.74, 6) is 0.769. The molecule has 1 saturated carbocycles. The van der Waals surface area contributed by atoms with Crippen molar-refractivity contribution < 1.29 is 9.53 Å². The van der Waals surface area contributed by atoms with Crippen LogP contribution in [-0.2, 0) is 9.53 Å². The van der Waals surface area contributed by atoms with Crippen molar-refractivity contribution in [2.75, 3.05) is 26.8 Å². The van der Waals surface area contributed by atoms with E-state index in [9.17, 15) is 4.79 Å². The second-order valence-electron chi connectivity index (χ2n) is 4.92. The molecular formula is C13H27ClN2O2. The monoisotopic (exact) mass is 278 g/mol. The third kappa shape index (κ3) is 7.19. The molecule has 108 valence electrons. The molecule has 1 amide bonds. The van der Waals surface area contributed by atoms with Gasteiger partial charge in [-0.1, -0.05) is 19.3 Å². The fraction of sp³-hybridized carbons (Fsp3) is 0.923. The van der Waals surface area contributed by atoms with Crippen LogP contribution in [0.3, 0.4) is 0 Å². The van der Waals surface area contributed by atoms with Crippen molar-refractivity contribution in [3.63, 3.8) is 0 Å². The van der Waals surface area contributed by atoms with Gasteiger partial charge in [0.2, 0.25) is 5.91 Å². The molecule has 0 aliphatic heterocycles. The summed E-state index contributed by atoms with van der Waals surface area (Å²) in [5, 5.41) is 6.14. The fourth-order valence-electron chi connectivity index (χ4n) is 2.43. The van der Waals surface area contributed by atoms with Gasteiger partial charge in [0.05, 0.1) is 13.2 Å². The molecule has 0 saturated heterocycles. The normalized spacial score (nSPS) is 17.9. The van der Waals surface area contributed by atoms with Gasteiger partial charge in [-0.2, -0.15) is 0 Å². The molecule has 0 bridgehead atoms. The molecule has 0 aromatic rings. The standard InChI is InChI=1S/C13H26N2O2.ClH/c1-11(12-6-4-3-5-7-12)15-13(16)10-14-8-9-17-2;/h11-12,14H,3-10H2,1-2H3,(H,15,16);1H. The second kappa shape index (κ2) is 10.6. The molecule has 2 N–H and O–H groups in total. The molecule has 1 aliphatic carbocycles. The number of carbonyl (C=O) groups is 1. The van der Waals surface area contributed by atoms with Gasteiger partial charge >= 0.3 is 0 Å². The highest BCUT2D eigenvalue weighted by atomic mass is 35.5. The van der Waals surface area contributed by atoms with Crippen molar-refractivity contribution in [2.45, 2.75) is 45.1 Å². The third-order valence-electron chi connectivity index (χ3n) is 3.51. The Morgan fingerprint density at radius 3 is 2.61 bits per heavy atom. The SMILES string of the molecule is COCCNCC(=O)NC(C)C1CCCCC1.Cl. The summed E-state index contributed by atoms with van der Waals surface area (Å²) in [6.07, 6.45) is 6.51. The van der Waals surface area contributed by atoms with E-state index in [2.05, 4.69) is 17.6 Å². The van der Waals surface area contributed by atoms with Crippen LogP contribution in [0, 0.1) is 5.92 Å². The number of hydrogen-bond donors (Lipinski definition) is 2. The summed E-state index contributed by atoms with van der Waals surface area (Å²) >= 11 is 0. The maximum absolute atomic E-state index is 11.6. The molecule has 0 aromatic heterocycles. The minimum Gasteiger partial charge on any atom is -0.383 e. The highest BCUT2D eigenvalue weighted by molar-refractivity contribution is 5.85. The van der Waals surface area contributed by atoms with Crippen LogP contribution in [-0.4, -0.2) is 38.8 Å². The number of rotatable bonds is 7. The van der Waals surface area contributed by atoms with Gasteiger partial charge in [0.25, 0.3) is 0 Å². The lowest BCUT2D eigenvalue weighted by Gasteiger charge is -2.28. The van der Waals surface area contributed by atoms with Crippen molar-refractivity contribution in [1.82, 2.24) is 10.6 Å². The maximum Gasteiger partial charge on any atom is 0.234 e.